The van der Waals surface area contributed by atoms with Crippen molar-refractivity contribution in [2.75, 3.05) is 13.9 Å². The van der Waals surface area contributed by atoms with Gasteiger partial charge in [0.1, 0.15) is 18.1 Å². The third kappa shape index (κ3) is 4.95. The fourth-order valence-corrected chi connectivity index (χ4v) is 3.42. The Morgan fingerprint density at radius 3 is 2.67 bits per heavy atom. The van der Waals surface area contributed by atoms with Crippen LogP contribution < -0.4 is 18.9 Å². The van der Waals surface area contributed by atoms with Gasteiger partial charge in [-0.05, 0) is 61.0 Å². The molecule has 3 aromatic rings. The molecule has 0 radical (unpaired) electrons. The molecule has 4 rings (SSSR count). The SMILES string of the molecule is COc1ccc(/C=C/C(=O)c2ccc3c(c2)OCO3)cc1COc1ccc([N+](=O)[O-])c(C)c1. The molecule has 168 valence electrons. The van der Waals surface area contributed by atoms with E-state index in [-0.39, 0.29) is 24.9 Å². The molecule has 0 bridgehead atoms. The maximum absolute atomic E-state index is 12.6. The van der Waals surface area contributed by atoms with Gasteiger partial charge in [-0.2, -0.15) is 0 Å². The highest BCUT2D eigenvalue weighted by Crippen LogP contribution is 2.33. The Morgan fingerprint density at radius 2 is 1.91 bits per heavy atom. The summed E-state index contributed by atoms with van der Waals surface area (Å²) in [6.07, 6.45) is 3.20. The summed E-state index contributed by atoms with van der Waals surface area (Å²) in [6, 6.07) is 15.2. The number of ether oxygens (including phenoxy) is 4. The molecule has 0 amide bonds. The lowest BCUT2D eigenvalue weighted by Gasteiger charge is -2.12. The third-order valence-corrected chi connectivity index (χ3v) is 5.15. The van der Waals surface area contributed by atoms with Gasteiger partial charge in [0.05, 0.1) is 12.0 Å². The molecule has 33 heavy (non-hydrogen) atoms. The molecular formula is C25H21NO7. The minimum atomic E-state index is -0.428. The van der Waals surface area contributed by atoms with Crippen LogP contribution in [0.1, 0.15) is 27.0 Å². The van der Waals surface area contributed by atoms with Crippen molar-refractivity contribution in [2.24, 2.45) is 0 Å². The normalized spacial score (nSPS) is 12.1. The van der Waals surface area contributed by atoms with Crippen LogP contribution in [0, 0.1) is 17.0 Å². The Labute approximate surface area is 190 Å². The van der Waals surface area contributed by atoms with E-state index in [1.54, 1.807) is 56.5 Å². The second-order valence-corrected chi connectivity index (χ2v) is 7.33. The van der Waals surface area contributed by atoms with E-state index < -0.39 is 4.92 Å². The van der Waals surface area contributed by atoms with Gasteiger partial charge < -0.3 is 18.9 Å². The minimum absolute atomic E-state index is 0.0409. The molecule has 0 N–H and O–H groups in total. The van der Waals surface area contributed by atoms with Gasteiger partial charge in [-0.1, -0.05) is 12.1 Å². The van der Waals surface area contributed by atoms with Crippen molar-refractivity contribution in [1.29, 1.82) is 0 Å². The quantitative estimate of drug-likeness (QED) is 0.205. The van der Waals surface area contributed by atoms with E-state index in [0.717, 1.165) is 11.1 Å². The van der Waals surface area contributed by atoms with Gasteiger partial charge in [0.2, 0.25) is 6.79 Å². The van der Waals surface area contributed by atoms with Crippen molar-refractivity contribution in [3.63, 3.8) is 0 Å². The maximum Gasteiger partial charge on any atom is 0.272 e. The van der Waals surface area contributed by atoms with Crippen LogP contribution in [-0.2, 0) is 6.61 Å². The van der Waals surface area contributed by atoms with E-state index >= 15 is 0 Å². The van der Waals surface area contributed by atoms with E-state index in [1.807, 2.05) is 12.1 Å². The monoisotopic (exact) mass is 447 g/mol. The number of methoxy groups -OCH3 is 1. The van der Waals surface area contributed by atoms with Crippen molar-refractivity contribution in [2.45, 2.75) is 13.5 Å². The third-order valence-electron chi connectivity index (χ3n) is 5.15. The van der Waals surface area contributed by atoms with Crippen molar-refractivity contribution in [1.82, 2.24) is 0 Å². The number of hydrogen-bond acceptors (Lipinski definition) is 7. The summed E-state index contributed by atoms with van der Waals surface area (Å²) in [7, 11) is 1.56. The number of nitrogens with zero attached hydrogens (tertiary/aromatic N) is 1. The summed E-state index contributed by atoms with van der Waals surface area (Å²) >= 11 is 0. The van der Waals surface area contributed by atoms with Gasteiger partial charge in [-0.15, -0.1) is 0 Å². The first kappa shape index (κ1) is 21.9. The summed E-state index contributed by atoms with van der Waals surface area (Å²) in [5.74, 6) is 2.16. The molecule has 1 aliphatic rings. The number of allylic oxidation sites excluding steroid dienone is 1. The summed E-state index contributed by atoms with van der Waals surface area (Å²) in [6.45, 7) is 2.01. The average molecular weight is 447 g/mol. The van der Waals surface area contributed by atoms with Crippen LogP contribution >= 0.6 is 0 Å². The van der Waals surface area contributed by atoms with Gasteiger partial charge in [0.25, 0.3) is 5.69 Å². The molecule has 8 nitrogen and oxygen atoms in total. The van der Waals surface area contributed by atoms with Gasteiger partial charge in [-0.25, -0.2) is 0 Å². The molecule has 0 atom stereocenters. The summed E-state index contributed by atoms with van der Waals surface area (Å²) in [5.41, 5.74) is 2.62. The van der Waals surface area contributed by atoms with Crippen molar-refractivity contribution < 1.29 is 28.7 Å². The number of fused-ring (bicyclic) bond motifs is 1. The average Bonchev–Trinajstić information content (AvgIpc) is 3.29. The number of hydrogen-bond donors (Lipinski definition) is 0. The molecule has 0 aromatic heterocycles. The second-order valence-electron chi connectivity index (χ2n) is 7.33. The highest BCUT2D eigenvalue weighted by molar-refractivity contribution is 6.07. The second kappa shape index (κ2) is 9.44. The van der Waals surface area contributed by atoms with Crippen LogP contribution in [0.4, 0.5) is 5.69 Å². The smallest absolute Gasteiger partial charge is 0.272 e. The van der Waals surface area contributed by atoms with E-state index in [4.69, 9.17) is 18.9 Å². The Balaban J connectivity index is 1.47. The number of nitro groups is 1. The topological polar surface area (TPSA) is 97.1 Å². The number of aryl methyl sites for hydroxylation is 1. The minimum Gasteiger partial charge on any atom is -0.496 e. The molecule has 0 fully saturated rings. The number of benzene rings is 3. The molecule has 1 aliphatic heterocycles. The Bertz CT molecular complexity index is 1250. The lowest BCUT2D eigenvalue weighted by atomic mass is 10.1. The first-order chi connectivity index (χ1) is 15.9. The zero-order valence-corrected chi connectivity index (χ0v) is 18.1. The first-order valence-corrected chi connectivity index (χ1v) is 10.1. The standard InChI is InChI=1S/C25H21NO7/c1-16-11-20(6-7-21(16)26(28)29)31-14-19-12-17(4-9-23(19)30-2)3-8-22(27)18-5-10-24-25(13-18)33-15-32-24/h3-13H,14-15H2,1-2H3/b8-3+. The van der Waals surface area contributed by atoms with E-state index in [0.29, 0.717) is 34.1 Å². The summed E-state index contributed by atoms with van der Waals surface area (Å²) in [5, 5.41) is 11.0. The highest BCUT2D eigenvalue weighted by atomic mass is 16.7. The summed E-state index contributed by atoms with van der Waals surface area (Å²) < 4.78 is 21.8. The van der Waals surface area contributed by atoms with Crippen LogP contribution in [0.5, 0.6) is 23.0 Å². The van der Waals surface area contributed by atoms with Crippen LogP contribution in [0.3, 0.4) is 0 Å². The molecule has 1 heterocycles. The van der Waals surface area contributed by atoms with E-state index in [1.165, 1.54) is 12.1 Å². The molecule has 0 saturated heterocycles. The van der Waals surface area contributed by atoms with Crippen molar-refractivity contribution in [3.8, 4) is 23.0 Å². The molecule has 0 aliphatic carbocycles. The number of carbonyl (C=O) groups is 1. The fraction of sp³-hybridized carbons (Fsp3) is 0.160. The molecule has 8 heteroatoms. The van der Waals surface area contributed by atoms with Crippen LogP contribution in [0.25, 0.3) is 6.08 Å². The molecular weight excluding hydrogens is 426 g/mol. The Kier molecular flexibility index (Phi) is 6.26. The lowest BCUT2D eigenvalue weighted by molar-refractivity contribution is -0.385. The zero-order valence-electron chi connectivity index (χ0n) is 18.1. The van der Waals surface area contributed by atoms with Crippen molar-refractivity contribution in [3.05, 3.63) is 93.0 Å². The molecule has 0 saturated carbocycles. The van der Waals surface area contributed by atoms with Gasteiger partial charge in [-0.3, -0.25) is 14.9 Å². The van der Waals surface area contributed by atoms with E-state index in [9.17, 15) is 14.9 Å². The predicted octanol–water partition coefficient (Wildman–Crippen LogP) is 5.12. The molecule has 0 unspecified atom stereocenters. The summed E-state index contributed by atoms with van der Waals surface area (Å²) in [4.78, 5) is 23.1. The van der Waals surface area contributed by atoms with Gasteiger partial charge >= 0.3 is 0 Å². The zero-order chi connectivity index (χ0) is 23.4. The largest absolute Gasteiger partial charge is 0.496 e. The Hall–Kier alpha value is -4.33. The first-order valence-electron chi connectivity index (χ1n) is 10.1. The van der Waals surface area contributed by atoms with Gasteiger partial charge in [0, 0.05) is 22.8 Å². The number of nitro benzene ring substituents is 1. The van der Waals surface area contributed by atoms with Crippen LogP contribution in [0.15, 0.2) is 60.7 Å². The predicted molar refractivity (Wildman–Crippen MR) is 121 cm³/mol. The fourth-order valence-electron chi connectivity index (χ4n) is 3.42. The van der Waals surface area contributed by atoms with Crippen LogP contribution in [-0.4, -0.2) is 24.6 Å². The highest BCUT2D eigenvalue weighted by Gasteiger charge is 2.15. The van der Waals surface area contributed by atoms with E-state index in [2.05, 4.69) is 0 Å². The maximum atomic E-state index is 12.6. The Morgan fingerprint density at radius 1 is 1.09 bits per heavy atom. The number of ketones is 1. The van der Waals surface area contributed by atoms with Crippen molar-refractivity contribution >= 4 is 17.5 Å². The van der Waals surface area contributed by atoms with Gasteiger partial charge in [0.15, 0.2) is 17.3 Å². The number of carbonyl (C=O) groups excluding carboxylic acids is 1. The molecule has 3 aromatic carbocycles. The molecule has 0 spiro atoms. The number of rotatable bonds is 8. The lowest BCUT2D eigenvalue weighted by Crippen LogP contribution is -2.00. The van der Waals surface area contributed by atoms with Crippen LogP contribution in [0.2, 0.25) is 0 Å².